The Morgan fingerprint density at radius 3 is 2.44 bits per heavy atom. The minimum absolute atomic E-state index is 0.0136. The molecular weight excluding hydrogens is 412 g/mol. The number of methoxy groups -OCH3 is 2. The molecule has 2 saturated heterocycles. The Bertz CT molecular complexity index is 935. The Labute approximate surface area is 187 Å². The molecule has 0 saturated carbocycles. The number of hydrogen-bond donors (Lipinski definition) is 1. The van der Waals surface area contributed by atoms with E-state index in [0.29, 0.717) is 19.5 Å². The van der Waals surface area contributed by atoms with Crippen molar-refractivity contribution in [3.63, 3.8) is 0 Å². The van der Waals surface area contributed by atoms with Crippen LogP contribution in [-0.4, -0.2) is 66.6 Å². The summed E-state index contributed by atoms with van der Waals surface area (Å²) in [5, 5.41) is 6.89. The van der Waals surface area contributed by atoms with Crippen LogP contribution in [0.25, 0.3) is 0 Å². The number of esters is 1. The van der Waals surface area contributed by atoms with Crippen molar-refractivity contribution in [2.75, 3.05) is 27.3 Å². The van der Waals surface area contributed by atoms with Gasteiger partial charge in [0.2, 0.25) is 5.91 Å². The number of rotatable bonds is 5. The Morgan fingerprint density at radius 1 is 1.12 bits per heavy atom. The minimum Gasteiger partial charge on any atom is -0.496 e. The molecule has 2 aromatic rings. The SMILES string of the molecule is COC(=O)[C@H]1C[C@H]2CN(Cc3ccccc3OC)CC(=O)N2[C@H]1c1ccccc1.O=CO. The molecule has 0 spiro atoms. The van der Waals surface area contributed by atoms with Gasteiger partial charge in [0.15, 0.2) is 0 Å². The van der Waals surface area contributed by atoms with Gasteiger partial charge in [-0.3, -0.25) is 19.3 Å². The molecule has 0 aromatic heterocycles. The van der Waals surface area contributed by atoms with Gasteiger partial charge in [0, 0.05) is 24.7 Å². The van der Waals surface area contributed by atoms with Gasteiger partial charge >= 0.3 is 5.97 Å². The maximum Gasteiger partial charge on any atom is 0.311 e. The number of fused-ring (bicyclic) bond motifs is 1. The van der Waals surface area contributed by atoms with Gasteiger partial charge in [-0.05, 0) is 18.1 Å². The molecule has 2 aliphatic rings. The predicted molar refractivity (Wildman–Crippen MR) is 117 cm³/mol. The van der Waals surface area contributed by atoms with Crippen molar-refractivity contribution in [2.24, 2.45) is 5.92 Å². The van der Waals surface area contributed by atoms with Crippen molar-refractivity contribution in [2.45, 2.75) is 25.0 Å². The lowest BCUT2D eigenvalue weighted by Crippen LogP contribution is -2.54. The van der Waals surface area contributed by atoms with Gasteiger partial charge in [-0.15, -0.1) is 0 Å². The number of carboxylic acid groups (broad SMARTS) is 1. The highest BCUT2D eigenvalue weighted by Gasteiger charge is 2.50. The van der Waals surface area contributed by atoms with Crippen LogP contribution in [0.2, 0.25) is 0 Å². The normalized spacial score (nSPS) is 22.4. The maximum atomic E-state index is 13.2. The molecule has 32 heavy (non-hydrogen) atoms. The van der Waals surface area contributed by atoms with E-state index in [-0.39, 0.29) is 36.4 Å². The number of ether oxygens (including phenoxy) is 2. The lowest BCUT2D eigenvalue weighted by Gasteiger charge is -2.40. The summed E-state index contributed by atoms with van der Waals surface area (Å²) in [4.78, 5) is 38.1. The highest BCUT2D eigenvalue weighted by molar-refractivity contribution is 5.83. The number of benzene rings is 2. The summed E-state index contributed by atoms with van der Waals surface area (Å²) in [6.45, 7) is 1.44. The topological polar surface area (TPSA) is 96.4 Å². The molecule has 0 unspecified atom stereocenters. The van der Waals surface area contributed by atoms with Crippen molar-refractivity contribution < 1.29 is 29.0 Å². The van der Waals surface area contributed by atoms with E-state index in [0.717, 1.165) is 23.4 Å². The van der Waals surface area contributed by atoms with Crippen molar-refractivity contribution in [1.29, 1.82) is 0 Å². The molecule has 1 amide bonds. The van der Waals surface area contributed by atoms with Crippen LogP contribution >= 0.6 is 0 Å². The van der Waals surface area contributed by atoms with E-state index >= 15 is 0 Å². The van der Waals surface area contributed by atoms with E-state index < -0.39 is 0 Å². The monoisotopic (exact) mass is 440 g/mol. The lowest BCUT2D eigenvalue weighted by molar-refractivity contribution is -0.147. The third-order valence-electron chi connectivity index (χ3n) is 5.95. The molecule has 8 nitrogen and oxygen atoms in total. The molecule has 0 bridgehead atoms. The predicted octanol–water partition coefficient (Wildman–Crippen LogP) is 2.34. The summed E-state index contributed by atoms with van der Waals surface area (Å²) in [5.74, 6) is 0.277. The molecule has 1 N–H and O–H groups in total. The molecule has 8 heteroatoms. The molecule has 2 fully saturated rings. The van der Waals surface area contributed by atoms with Gasteiger partial charge in [0.1, 0.15) is 5.75 Å². The average Bonchev–Trinajstić information content (AvgIpc) is 3.20. The quantitative estimate of drug-likeness (QED) is 0.563. The molecule has 0 radical (unpaired) electrons. The molecular formula is C24H28N2O6. The van der Waals surface area contributed by atoms with Crippen LogP contribution in [0, 0.1) is 5.92 Å². The summed E-state index contributed by atoms with van der Waals surface area (Å²) >= 11 is 0. The molecule has 2 heterocycles. The summed E-state index contributed by atoms with van der Waals surface area (Å²) in [7, 11) is 3.07. The smallest absolute Gasteiger partial charge is 0.311 e. The molecule has 170 valence electrons. The summed E-state index contributed by atoms with van der Waals surface area (Å²) < 4.78 is 10.5. The molecule has 3 atom stereocenters. The van der Waals surface area contributed by atoms with Crippen LogP contribution in [-0.2, 0) is 25.7 Å². The second-order valence-electron chi connectivity index (χ2n) is 7.76. The van der Waals surface area contributed by atoms with Crippen LogP contribution in [0.15, 0.2) is 54.6 Å². The second-order valence-corrected chi connectivity index (χ2v) is 7.76. The van der Waals surface area contributed by atoms with E-state index in [1.54, 1.807) is 7.11 Å². The Balaban J connectivity index is 0.000000913. The van der Waals surface area contributed by atoms with E-state index in [2.05, 4.69) is 4.90 Å². The summed E-state index contributed by atoms with van der Waals surface area (Å²) in [6.07, 6.45) is 0.612. The third kappa shape index (κ3) is 4.91. The van der Waals surface area contributed by atoms with E-state index in [4.69, 9.17) is 19.4 Å². The van der Waals surface area contributed by atoms with Crippen molar-refractivity contribution in [1.82, 2.24) is 9.80 Å². The third-order valence-corrected chi connectivity index (χ3v) is 5.95. The zero-order chi connectivity index (χ0) is 23.1. The highest BCUT2D eigenvalue weighted by atomic mass is 16.5. The van der Waals surface area contributed by atoms with Gasteiger partial charge in [-0.2, -0.15) is 0 Å². The summed E-state index contributed by atoms with van der Waals surface area (Å²) in [5.41, 5.74) is 2.04. The molecule has 2 aromatic carbocycles. The van der Waals surface area contributed by atoms with Crippen molar-refractivity contribution >= 4 is 18.3 Å². The van der Waals surface area contributed by atoms with E-state index in [1.165, 1.54) is 7.11 Å². The fraction of sp³-hybridized carbons (Fsp3) is 0.375. The van der Waals surface area contributed by atoms with Gasteiger partial charge in [0.05, 0.1) is 32.7 Å². The van der Waals surface area contributed by atoms with Crippen LogP contribution in [0.5, 0.6) is 5.75 Å². The first kappa shape index (κ1) is 23.3. The zero-order valence-corrected chi connectivity index (χ0v) is 18.2. The van der Waals surface area contributed by atoms with Gasteiger partial charge in [0.25, 0.3) is 6.47 Å². The fourth-order valence-electron chi connectivity index (χ4n) is 4.73. The number of nitrogens with zero attached hydrogens (tertiary/aromatic N) is 2. The molecule has 2 aliphatic heterocycles. The maximum absolute atomic E-state index is 13.2. The van der Waals surface area contributed by atoms with Crippen molar-refractivity contribution in [3.8, 4) is 5.75 Å². The molecule has 4 rings (SSSR count). The standard InChI is InChI=1S/C23H26N2O4.CH2O2/c1-28-20-11-7-6-10-17(20)13-24-14-18-12-19(23(27)29-2)22(25(18)21(26)15-24)16-8-4-3-5-9-16;2-1-3/h3-11,18-19,22H,12-15H2,1-2H3;1H,(H,2,3)/t18-,19-,22-;/m0./s1. The number of para-hydroxylation sites is 1. The highest BCUT2D eigenvalue weighted by Crippen LogP contribution is 2.43. The van der Waals surface area contributed by atoms with Crippen LogP contribution in [0.4, 0.5) is 0 Å². The zero-order valence-electron chi connectivity index (χ0n) is 18.2. The fourth-order valence-corrected chi connectivity index (χ4v) is 4.73. The first-order valence-electron chi connectivity index (χ1n) is 10.4. The minimum atomic E-state index is -0.345. The summed E-state index contributed by atoms with van der Waals surface area (Å²) in [6, 6.07) is 17.4. The Hall–Kier alpha value is -3.39. The largest absolute Gasteiger partial charge is 0.496 e. The van der Waals surface area contributed by atoms with E-state index in [9.17, 15) is 9.59 Å². The first-order valence-corrected chi connectivity index (χ1v) is 10.4. The van der Waals surface area contributed by atoms with Crippen LogP contribution in [0.3, 0.4) is 0 Å². The second kappa shape index (κ2) is 10.8. The number of carbonyl (C=O) groups is 3. The van der Waals surface area contributed by atoms with Crippen LogP contribution < -0.4 is 4.74 Å². The van der Waals surface area contributed by atoms with Crippen molar-refractivity contribution in [3.05, 3.63) is 65.7 Å². The first-order chi connectivity index (χ1) is 15.5. The number of piperazine rings is 1. The Kier molecular flexibility index (Phi) is 7.83. The van der Waals surface area contributed by atoms with Crippen LogP contribution in [0.1, 0.15) is 23.6 Å². The Morgan fingerprint density at radius 2 is 1.78 bits per heavy atom. The lowest BCUT2D eigenvalue weighted by atomic mass is 9.93. The number of amides is 1. The van der Waals surface area contributed by atoms with Gasteiger partial charge in [-0.25, -0.2) is 0 Å². The number of hydrogen-bond acceptors (Lipinski definition) is 6. The molecule has 0 aliphatic carbocycles. The van der Waals surface area contributed by atoms with Gasteiger partial charge in [-0.1, -0.05) is 48.5 Å². The average molecular weight is 440 g/mol. The van der Waals surface area contributed by atoms with Gasteiger partial charge < -0.3 is 19.5 Å². The number of carbonyl (C=O) groups excluding carboxylic acids is 2. The van der Waals surface area contributed by atoms with E-state index in [1.807, 2.05) is 59.5 Å².